The average Bonchev–Trinajstić information content (AvgIpc) is 2.59. The van der Waals surface area contributed by atoms with E-state index in [4.69, 9.17) is 14.6 Å². The molecule has 0 aromatic heterocycles. The summed E-state index contributed by atoms with van der Waals surface area (Å²) in [5, 5.41) is 14.7. The second-order valence-electron chi connectivity index (χ2n) is 7.56. The van der Waals surface area contributed by atoms with E-state index < -0.39 is 27.5 Å². The lowest BCUT2D eigenvalue weighted by atomic mass is 9.81. The Kier molecular flexibility index (Phi) is 5.12. The van der Waals surface area contributed by atoms with Crippen molar-refractivity contribution in [3.8, 4) is 22.6 Å². The van der Waals surface area contributed by atoms with E-state index in [2.05, 4.69) is 0 Å². The molecule has 1 atom stereocenters. The zero-order chi connectivity index (χ0) is 20.7. The molecule has 1 heterocycles. The summed E-state index contributed by atoms with van der Waals surface area (Å²) in [6.45, 7) is 3.27. The van der Waals surface area contributed by atoms with Crippen molar-refractivity contribution in [1.29, 1.82) is 0 Å². The topological polar surface area (TPSA) is 116 Å². The van der Waals surface area contributed by atoms with Crippen molar-refractivity contribution in [3.63, 3.8) is 0 Å². The first-order valence-electron chi connectivity index (χ1n) is 8.72. The molecule has 3 rings (SSSR count). The van der Waals surface area contributed by atoms with Crippen LogP contribution in [0.5, 0.6) is 11.5 Å². The van der Waals surface area contributed by atoms with Crippen LogP contribution in [0.25, 0.3) is 11.1 Å². The number of rotatable bonds is 6. The molecule has 2 aromatic carbocycles. The van der Waals surface area contributed by atoms with Crippen LogP contribution in [0, 0.1) is 5.41 Å². The number of carboxylic acids is 1. The highest BCUT2D eigenvalue weighted by Crippen LogP contribution is 2.49. The lowest BCUT2D eigenvalue weighted by Gasteiger charge is -2.33. The van der Waals surface area contributed by atoms with E-state index in [-0.39, 0.29) is 12.2 Å². The van der Waals surface area contributed by atoms with Crippen molar-refractivity contribution >= 4 is 16.0 Å². The van der Waals surface area contributed by atoms with Gasteiger partial charge in [0.25, 0.3) is 0 Å². The van der Waals surface area contributed by atoms with Crippen LogP contribution >= 0.6 is 0 Å². The zero-order valence-corrected chi connectivity index (χ0v) is 16.7. The van der Waals surface area contributed by atoms with Crippen LogP contribution < -0.4 is 14.6 Å². The molecule has 2 aromatic rings. The van der Waals surface area contributed by atoms with Gasteiger partial charge in [0.2, 0.25) is 10.0 Å². The third-order valence-electron chi connectivity index (χ3n) is 4.85. The Bertz CT molecular complexity index is 1030. The van der Waals surface area contributed by atoms with Crippen LogP contribution in [0.4, 0.5) is 0 Å². The van der Waals surface area contributed by atoms with Gasteiger partial charge in [-0.25, -0.2) is 13.6 Å². The van der Waals surface area contributed by atoms with E-state index in [1.165, 1.54) is 0 Å². The number of aliphatic carboxylic acids is 1. The van der Waals surface area contributed by atoms with Gasteiger partial charge in [0, 0.05) is 12.0 Å². The summed E-state index contributed by atoms with van der Waals surface area (Å²) in [6, 6.07) is 10.6. The number of nitrogens with two attached hydrogens (primary N) is 1. The van der Waals surface area contributed by atoms with Crippen LogP contribution in [0.15, 0.2) is 36.4 Å². The van der Waals surface area contributed by atoms with E-state index in [9.17, 15) is 18.3 Å². The smallest absolute Gasteiger partial charge is 0.309 e. The number of benzene rings is 2. The number of carbonyl (C=O) groups is 1. The highest BCUT2D eigenvalue weighted by atomic mass is 32.2. The van der Waals surface area contributed by atoms with Gasteiger partial charge < -0.3 is 14.6 Å². The van der Waals surface area contributed by atoms with Gasteiger partial charge in [-0.15, -0.1) is 0 Å². The largest absolute Gasteiger partial charge is 0.496 e. The number of hydrogen-bond donors (Lipinski definition) is 2. The van der Waals surface area contributed by atoms with Crippen LogP contribution in [0.3, 0.4) is 0 Å². The molecule has 28 heavy (non-hydrogen) atoms. The molecule has 3 N–H and O–H groups in total. The quantitative estimate of drug-likeness (QED) is 0.763. The number of carboxylic acid groups (broad SMARTS) is 1. The molecule has 0 fully saturated rings. The van der Waals surface area contributed by atoms with Crippen LogP contribution in [0.2, 0.25) is 0 Å². The summed E-state index contributed by atoms with van der Waals surface area (Å²) < 4.78 is 34.6. The maximum atomic E-state index is 11.6. The molecule has 0 aliphatic carbocycles. The number of primary sulfonamides is 1. The van der Waals surface area contributed by atoms with Gasteiger partial charge in [0.05, 0.1) is 23.8 Å². The molecule has 0 bridgehead atoms. The Hall–Kier alpha value is -2.58. The van der Waals surface area contributed by atoms with Crippen molar-refractivity contribution in [2.24, 2.45) is 10.6 Å². The lowest BCUT2D eigenvalue weighted by molar-refractivity contribution is -0.148. The minimum absolute atomic E-state index is 0.213. The minimum Gasteiger partial charge on any atom is -0.496 e. The second-order valence-corrected chi connectivity index (χ2v) is 9.18. The predicted octanol–water partition coefficient (Wildman–Crippen LogP) is 3.09. The van der Waals surface area contributed by atoms with Gasteiger partial charge in [0.1, 0.15) is 17.6 Å². The SMILES string of the molecule is COc1cccc2c1-c1ccc(CS(N)(=O)=O)cc1C(CC(C)(C)C(=O)O)O2. The molecule has 7 nitrogen and oxygen atoms in total. The van der Waals surface area contributed by atoms with Gasteiger partial charge in [0.15, 0.2) is 0 Å². The van der Waals surface area contributed by atoms with Crippen molar-refractivity contribution in [2.75, 3.05) is 7.11 Å². The lowest BCUT2D eigenvalue weighted by Crippen LogP contribution is -2.29. The Morgan fingerprint density at radius 3 is 2.61 bits per heavy atom. The first-order chi connectivity index (χ1) is 13.0. The first-order valence-corrected chi connectivity index (χ1v) is 10.4. The summed E-state index contributed by atoms with van der Waals surface area (Å²) in [7, 11) is -2.14. The fourth-order valence-electron chi connectivity index (χ4n) is 3.39. The predicted molar refractivity (Wildman–Crippen MR) is 105 cm³/mol. The summed E-state index contributed by atoms with van der Waals surface area (Å²) >= 11 is 0. The Labute approximate surface area is 164 Å². The van der Waals surface area contributed by atoms with E-state index in [0.717, 1.165) is 11.1 Å². The molecule has 8 heteroatoms. The van der Waals surface area contributed by atoms with E-state index in [1.54, 1.807) is 51.3 Å². The van der Waals surface area contributed by atoms with Gasteiger partial charge in [-0.3, -0.25) is 4.79 Å². The fraction of sp³-hybridized carbons (Fsp3) is 0.350. The molecule has 150 valence electrons. The fourth-order valence-corrected chi connectivity index (χ4v) is 4.04. The zero-order valence-electron chi connectivity index (χ0n) is 15.9. The highest BCUT2D eigenvalue weighted by molar-refractivity contribution is 7.88. The maximum Gasteiger partial charge on any atom is 0.309 e. The number of fused-ring (bicyclic) bond motifs is 3. The van der Waals surface area contributed by atoms with Crippen molar-refractivity contribution in [2.45, 2.75) is 32.1 Å². The van der Waals surface area contributed by atoms with E-state index in [1.807, 2.05) is 6.07 Å². The van der Waals surface area contributed by atoms with Crippen LogP contribution in [-0.2, 0) is 20.6 Å². The Balaban J connectivity index is 2.16. The van der Waals surface area contributed by atoms with Crippen molar-refractivity contribution < 1.29 is 27.8 Å². The molecule has 0 radical (unpaired) electrons. The van der Waals surface area contributed by atoms with Gasteiger partial charge >= 0.3 is 5.97 Å². The standard InChI is InChI=1S/C20H23NO6S/c1-20(2,19(22)23)10-17-14-9-12(11-28(21,24)25)7-8-13(14)18-15(26-3)5-4-6-16(18)27-17/h4-9,17H,10-11H2,1-3H3,(H,22,23)(H2,21,24,25). The highest BCUT2D eigenvalue weighted by Gasteiger charge is 2.36. The molecule has 1 aliphatic rings. The normalized spacial score (nSPS) is 15.9. The average molecular weight is 405 g/mol. The molecule has 0 saturated carbocycles. The number of ether oxygens (including phenoxy) is 2. The van der Waals surface area contributed by atoms with Gasteiger partial charge in [-0.05, 0) is 37.1 Å². The van der Waals surface area contributed by atoms with Crippen molar-refractivity contribution in [1.82, 2.24) is 0 Å². The minimum atomic E-state index is -3.70. The van der Waals surface area contributed by atoms with Crippen LogP contribution in [0.1, 0.15) is 37.5 Å². The van der Waals surface area contributed by atoms with Crippen LogP contribution in [-0.4, -0.2) is 26.6 Å². The summed E-state index contributed by atoms with van der Waals surface area (Å²) in [5.41, 5.74) is 1.78. The number of sulfonamides is 1. The summed E-state index contributed by atoms with van der Waals surface area (Å²) in [5.74, 6) is -0.0328. The Morgan fingerprint density at radius 2 is 2.00 bits per heavy atom. The Morgan fingerprint density at radius 1 is 1.29 bits per heavy atom. The molecule has 0 saturated heterocycles. The second kappa shape index (κ2) is 7.10. The first kappa shape index (κ1) is 20.2. The van der Waals surface area contributed by atoms with E-state index >= 15 is 0 Å². The maximum absolute atomic E-state index is 11.6. The van der Waals surface area contributed by atoms with Gasteiger partial charge in [-0.1, -0.05) is 24.3 Å². The van der Waals surface area contributed by atoms with Gasteiger partial charge in [-0.2, -0.15) is 0 Å². The summed E-state index contributed by atoms with van der Waals surface area (Å²) in [6.07, 6.45) is -0.341. The molecular weight excluding hydrogens is 382 g/mol. The molecular formula is C20H23NO6S. The monoisotopic (exact) mass is 405 g/mol. The summed E-state index contributed by atoms with van der Waals surface area (Å²) in [4.78, 5) is 11.6. The molecule has 1 aliphatic heterocycles. The molecule has 1 unspecified atom stereocenters. The van der Waals surface area contributed by atoms with Crippen molar-refractivity contribution in [3.05, 3.63) is 47.5 Å². The molecule has 0 amide bonds. The van der Waals surface area contributed by atoms with E-state index in [0.29, 0.717) is 22.6 Å². The number of hydrogen-bond acceptors (Lipinski definition) is 5. The third-order valence-corrected chi connectivity index (χ3v) is 5.59. The third kappa shape index (κ3) is 3.98. The number of methoxy groups -OCH3 is 1. The molecule has 0 spiro atoms.